The van der Waals surface area contributed by atoms with Gasteiger partial charge in [0, 0.05) is 11.9 Å². The van der Waals surface area contributed by atoms with Crippen LogP contribution in [0.25, 0.3) is 0 Å². The normalized spacial score (nSPS) is 11.4. The molecule has 0 aliphatic rings. The molecule has 0 aliphatic heterocycles. The van der Waals surface area contributed by atoms with Crippen molar-refractivity contribution in [2.75, 3.05) is 5.32 Å². The Bertz CT molecular complexity index is 725. The van der Waals surface area contributed by atoms with Gasteiger partial charge >= 0.3 is 6.03 Å². The van der Waals surface area contributed by atoms with Crippen LogP contribution in [0.1, 0.15) is 12.6 Å². The van der Waals surface area contributed by atoms with Gasteiger partial charge in [0.05, 0.1) is 10.7 Å². The first-order valence-electron chi connectivity index (χ1n) is 7.15. The van der Waals surface area contributed by atoms with Crippen molar-refractivity contribution in [3.8, 4) is 5.75 Å². The summed E-state index contributed by atoms with van der Waals surface area (Å²) in [6.45, 7) is 1.89. The second-order valence-electron chi connectivity index (χ2n) is 4.97. The number of amides is 3. The summed E-state index contributed by atoms with van der Waals surface area (Å²) < 4.78 is 5.62. The predicted octanol–water partition coefficient (Wildman–Crippen LogP) is 2.31. The van der Waals surface area contributed by atoms with Crippen molar-refractivity contribution in [1.29, 1.82) is 0 Å². The fourth-order valence-electron chi connectivity index (χ4n) is 1.89. The molecule has 1 atom stereocenters. The fourth-order valence-corrected chi connectivity index (χ4v) is 2.12. The second-order valence-corrected chi connectivity index (χ2v) is 5.38. The van der Waals surface area contributed by atoms with E-state index in [4.69, 9.17) is 22.1 Å². The number of anilines is 1. The monoisotopic (exact) mass is 348 g/mol. The number of aromatic nitrogens is 1. The van der Waals surface area contributed by atoms with Gasteiger partial charge in [0.2, 0.25) is 5.91 Å². The first-order chi connectivity index (χ1) is 11.5. The fraction of sp³-hybridized carbons (Fsp3) is 0.188. The zero-order chi connectivity index (χ0) is 17.5. The molecule has 1 aromatic carbocycles. The number of nitrogens with two attached hydrogens (primary N) is 1. The second kappa shape index (κ2) is 8.16. The van der Waals surface area contributed by atoms with Gasteiger partial charge in [0.25, 0.3) is 0 Å². The predicted molar refractivity (Wildman–Crippen MR) is 90.8 cm³/mol. The maximum absolute atomic E-state index is 11.6. The number of halogens is 1. The van der Waals surface area contributed by atoms with Crippen molar-refractivity contribution >= 4 is 29.2 Å². The minimum Gasteiger partial charge on any atom is -0.486 e. The average Bonchev–Trinajstić information content (AvgIpc) is 2.54. The lowest BCUT2D eigenvalue weighted by atomic mass is 10.2. The molecule has 0 spiro atoms. The molecule has 0 fully saturated rings. The highest BCUT2D eigenvalue weighted by Gasteiger charge is 2.14. The number of pyridine rings is 1. The van der Waals surface area contributed by atoms with Crippen LogP contribution in [0.15, 0.2) is 42.6 Å². The Hall–Kier alpha value is -2.80. The zero-order valence-corrected chi connectivity index (χ0v) is 13.7. The standard InChI is InChI=1S/C16H17ClN4O3/c1-10(15(22)21-16(18)23)20-11-5-6-14(13(17)8-11)24-9-12-4-2-3-7-19-12/h2-8,10,20H,9H2,1H3,(H3,18,21,22,23)/t10-/m1/s1. The quantitative estimate of drug-likeness (QED) is 0.742. The highest BCUT2D eigenvalue weighted by molar-refractivity contribution is 6.32. The Balaban J connectivity index is 1.96. The number of carbonyl (C=O) groups is 2. The summed E-state index contributed by atoms with van der Waals surface area (Å²) in [4.78, 5) is 26.5. The lowest BCUT2D eigenvalue weighted by molar-refractivity contribution is -0.120. The lowest BCUT2D eigenvalue weighted by Crippen LogP contribution is -2.43. The van der Waals surface area contributed by atoms with Gasteiger partial charge < -0.3 is 15.8 Å². The molecular formula is C16H17ClN4O3. The maximum atomic E-state index is 11.6. The molecule has 24 heavy (non-hydrogen) atoms. The first-order valence-corrected chi connectivity index (χ1v) is 7.52. The van der Waals surface area contributed by atoms with E-state index in [1.807, 2.05) is 23.5 Å². The molecule has 126 valence electrons. The summed E-state index contributed by atoms with van der Waals surface area (Å²) in [6, 6.07) is 9.02. The lowest BCUT2D eigenvalue weighted by Gasteiger charge is -2.15. The molecule has 7 nitrogen and oxygen atoms in total. The number of hydrogen-bond donors (Lipinski definition) is 3. The van der Waals surface area contributed by atoms with Crippen molar-refractivity contribution in [1.82, 2.24) is 10.3 Å². The van der Waals surface area contributed by atoms with Gasteiger partial charge in [-0.15, -0.1) is 0 Å². The molecule has 3 amide bonds. The minimum absolute atomic E-state index is 0.296. The average molecular weight is 349 g/mol. The van der Waals surface area contributed by atoms with E-state index in [1.54, 1.807) is 31.3 Å². The summed E-state index contributed by atoms with van der Waals surface area (Å²) in [5.74, 6) is -0.0313. The number of hydrogen-bond acceptors (Lipinski definition) is 5. The summed E-state index contributed by atoms with van der Waals surface area (Å²) >= 11 is 6.18. The third-order valence-electron chi connectivity index (χ3n) is 3.06. The number of benzene rings is 1. The van der Waals surface area contributed by atoms with E-state index < -0.39 is 18.0 Å². The van der Waals surface area contributed by atoms with Crippen LogP contribution in [0, 0.1) is 0 Å². The molecule has 2 aromatic rings. The Kier molecular flexibility index (Phi) is 5.97. The number of urea groups is 1. The van der Waals surface area contributed by atoms with E-state index >= 15 is 0 Å². The number of imide groups is 1. The highest BCUT2D eigenvalue weighted by Crippen LogP contribution is 2.28. The van der Waals surface area contributed by atoms with E-state index in [0.29, 0.717) is 23.1 Å². The molecule has 2 rings (SSSR count). The number of carbonyl (C=O) groups excluding carboxylic acids is 2. The minimum atomic E-state index is -0.898. The van der Waals surface area contributed by atoms with Crippen molar-refractivity contribution in [3.63, 3.8) is 0 Å². The SMILES string of the molecule is C[C@@H](Nc1ccc(OCc2ccccn2)c(Cl)c1)C(=O)NC(N)=O. The molecule has 0 bridgehead atoms. The maximum Gasteiger partial charge on any atom is 0.318 e. The van der Waals surface area contributed by atoms with Crippen LogP contribution in [0.5, 0.6) is 5.75 Å². The van der Waals surface area contributed by atoms with Crippen LogP contribution in [0.3, 0.4) is 0 Å². The van der Waals surface area contributed by atoms with Gasteiger partial charge in [-0.2, -0.15) is 0 Å². The summed E-state index contributed by atoms with van der Waals surface area (Å²) in [5, 5.41) is 5.30. The highest BCUT2D eigenvalue weighted by atomic mass is 35.5. The molecule has 1 heterocycles. The Labute approximate surface area is 144 Å². The molecule has 0 aliphatic carbocycles. The third-order valence-corrected chi connectivity index (χ3v) is 3.35. The first kappa shape index (κ1) is 17.6. The van der Waals surface area contributed by atoms with E-state index in [1.165, 1.54) is 0 Å². The Morgan fingerprint density at radius 1 is 1.33 bits per heavy atom. The van der Waals surface area contributed by atoms with Gasteiger partial charge in [0.1, 0.15) is 18.4 Å². The van der Waals surface area contributed by atoms with Gasteiger partial charge in [-0.25, -0.2) is 4.79 Å². The van der Waals surface area contributed by atoms with E-state index in [2.05, 4.69) is 10.3 Å². The molecule has 0 saturated heterocycles. The van der Waals surface area contributed by atoms with Crippen LogP contribution >= 0.6 is 11.6 Å². The van der Waals surface area contributed by atoms with Crippen LogP contribution in [0.4, 0.5) is 10.5 Å². The Morgan fingerprint density at radius 3 is 2.75 bits per heavy atom. The van der Waals surface area contributed by atoms with Crippen LogP contribution < -0.4 is 21.1 Å². The van der Waals surface area contributed by atoms with E-state index in [9.17, 15) is 9.59 Å². The zero-order valence-electron chi connectivity index (χ0n) is 13.0. The number of nitrogens with zero attached hydrogens (tertiary/aromatic N) is 1. The number of rotatable bonds is 6. The van der Waals surface area contributed by atoms with Crippen LogP contribution in [0.2, 0.25) is 5.02 Å². The molecule has 1 aromatic heterocycles. The number of ether oxygens (including phenoxy) is 1. The smallest absolute Gasteiger partial charge is 0.318 e. The summed E-state index contributed by atoms with van der Waals surface area (Å²) in [7, 11) is 0. The van der Waals surface area contributed by atoms with Crippen molar-refractivity contribution in [3.05, 3.63) is 53.3 Å². The molecular weight excluding hydrogens is 332 g/mol. The molecule has 0 unspecified atom stereocenters. The summed E-state index contributed by atoms with van der Waals surface area (Å²) in [6.07, 6.45) is 1.69. The molecule has 4 N–H and O–H groups in total. The topological polar surface area (TPSA) is 106 Å². The summed E-state index contributed by atoms with van der Waals surface area (Å²) in [5.41, 5.74) is 6.30. The van der Waals surface area contributed by atoms with Crippen LogP contribution in [-0.4, -0.2) is 23.0 Å². The van der Waals surface area contributed by atoms with Crippen molar-refractivity contribution in [2.24, 2.45) is 5.73 Å². The van der Waals surface area contributed by atoms with Gasteiger partial charge in [-0.3, -0.25) is 15.1 Å². The molecule has 0 saturated carbocycles. The number of primary amides is 1. The van der Waals surface area contributed by atoms with Gasteiger partial charge in [-0.1, -0.05) is 17.7 Å². The number of nitrogens with one attached hydrogen (secondary N) is 2. The van der Waals surface area contributed by atoms with Crippen molar-refractivity contribution in [2.45, 2.75) is 19.6 Å². The molecule has 8 heteroatoms. The van der Waals surface area contributed by atoms with Crippen LogP contribution in [-0.2, 0) is 11.4 Å². The third kappa shape index (κ3) is 5.13. The van der Waals surface area contributed by atoms with E-state index in [0.717, 1.165) is 5.69 Å². The van der Waals surface area contributed by atoms with Gasteiger partial charge in [-0.05, 0) is 37.3 Å². The molecule has 0 radical (unpaired) electrons. The largest absolute Gasteiger partial charge is 0.486 e. The van der Waals surface area contributed by atoms with Gasteiger partial charge in [0.15, 0.2) is 0 Å². The van der Waals surface area contributed by atoms with Crippen molar-refractivity contribution < 1.29 is 14.3 Å². The van der Waals surface area contributed by atoms with E-state index in [-0.39, 0.29) is 0 Å². The Morgan fingerprint density at radius 2 is 2.12 bits per heavy atom.